The number of nitrogens with two attached hydrogens (primary N) is 2. The molecule has 0 radical (unpaired) electrons. The Morgan fingerprint density at radius 1 is 1.20 bits per heavy atom. The molecule has 0 bridgehead atoms. The molecular formula is CH9AlN2O5S. The SMILES string of the molecule is NC(N)=O.O=S(=O)(O)O.[AlH3]. The maximum absolute atomic E-state index is 9.00. The second kappa shape index (κ2) is 6.79. The first-order chi connectivity index (χ1) is 3.73. The first-order valence-electron chi connectivity index (χ1n) is 1.48. The zero-order valence-electron chi connectivity index (χ0n) is 4.18. The highest BCUT2D eigenvalue weighted by molar-refractivity contribution is 7.79. The van der Waals surface area contributed by atoms with Crippen molar-refractivity contribution in [1.29, 1.82) is 0 Å². The van der Waals surface area contributed by atoms with Crippen LogP contribution < -0.4 is 11.5 Å². The minimum atomic E-state index is -4.67. The van der Waals surface area contributed by atoms with E-state index >= 15 is 0 Å². The molecule has 0 saturated carbocycles. The van der Waals surface area contributed by atoms with Gasteiger partial charge in [-0.15, -0.1) is 0 Å². The lowest BCUT2D eigenvalue weighted by Gasteiger charge is -1.68. The van der Waals surface area contributed by atoms with Crippen LogP contribution in [0.25, 0.3) is 0 Å². The summed E-state index contributed by atoms with van der Waals surface area (Å²) in [7, 11) is -4.67. The van der Waals surface area contributed by atoms with Gasteiger partial charge in [0.2, 0.25) is 0 Å². The summed E-state index contributed by atoms with van der Waals surface area (Å²) in [4.78, 5) is 9.00. The molecule has 0 aliphatic rings. The molecule has 0 spiro atoms. The van der Waals surface area contributed by atoms with E-state index in [0.29, 0.717) is 0 Å². The Balaban J connectivity index is -0.0000000910. The van der Waals surface area contributed by atoms with Gasteiger partial charge in [-0.05, 0) is 0 Å². The summed E-state index contributed by atoms with van der Waals surface area (Å²) >= 11 is 0. The van der Waals surface area contributed by atoms with E-state index in [9.17, 15) is 0 Å². The van der Waals surface area contributed by atoms with Crippen LogP contribution >= 0.6 is 0 Å². The van der Waals surface area contributed by atoms with Crippen molar-refractivity contribution in [3.05, 3.63) is 0 Å². The predicted molar refractivity (Wildman–Crippen MR) is 37.9 cm³/mol. The topological polar surface area (TPSA) is 144 Å². The van der Waals surface area contributed by atoms with Gasteiger partial charge < -0.3 is 11.5 Å². The van der Waals surface area contributed by atoms with Gasteiger partial charge in [-0.3, -0.25) is 9.11 Å². The van der Waals surface area contributed by atoms with Crippen LogP contribution in [0.4, 0.5) is 4.79 Å². The molecular weight excluding hydrogens is 179 g/mol. The normalized spacial score (nSPS) is 8.20. The van der Waals surface area contributed by atoms with Gasteiger partial charge in [0.25, 0.3) is 0 Å². The van der Waals surface area contributed by atoms with Crippen molar-refractivity contribution in [1.82, 2.24) is 0 Å². The number of hydrogen-bond acceptors (Lipinski definition) is 3. The molecule has 62 valence electrons. The van der Waals surface area contributed by atoms with Crippen LogP contribution in [0, 0.1) is 0 Å². The quantitative estimate of drug-likeness (QED) is 0.239. The fourth-order valence-electron chi connectivity index (χ4n) is 0. The maximum Gasteiger partial charge on any atom is 0.394 e. The summed E-state index contributed by atoms with van der Waals surface area (Å²) in [6.07, 6.45) is 0. The Labute approximate surface area is 68.1 Å². The first-order valence-corrected chi connectivity index (χ1v) is 2.88. The van der Waals surface area contributed by atoms with Crippen molar-refractivity contribution in [2.24, 2.45) is 11.5 Å². The van der Waals surface area contributed by atoms with Crippen LogP contribution in [0.5, 0.6) is 0 Å². The number of carbonyl (C=O) groups is 1. The number of rotatable bonds is 0. The highest BCUT2D eigenvalue weighted by Gasteiger charge is 1.84. The molecule has 6 N–H and O–H groups in total. The van der Waals surface area contributed by atoms with Crippen LogP contribution in [-0.4, -0.2) is 40.9 Å². The Kier molecular flexibility index (Phi) is 11.1. The monoisotopic (exact) mass is 188 g/mol. The Morgan fingerprint density at radius 3 is 1.20 bits per heavy atom. The fourth-order valence-corrected chi connectivity index (χ4v) is 0. The molecule has 0 aromatic heterocycles. The second-order valence-corrected chi connectivity index (χ2v) is 1.75. The molecule has 0 aromatic carbocycles. The van der Waals surface area contributed by atoms with Gasteiger partial charge in [0.15, 0.2) is 17.4 Å². The maximum atomic E-state index is 9.00. The largest absolute Gasteiger partial charge is 0.394 e. The van der Waals surface area contributed by atoms with E-state index in [4.69, 9.17) is 22.3 Å². The highest BCUT2D eigenvalue weighted by atomic mass is 32.3. The molecule has 0 unspecified atom stereocenters. The number of carbonyl (C=O) groups excluding carboxylic acids is 1. The summed E-state index contributed by atoms with van der Waals surface area (Å²) in [5.41, 5.74) is 8.50. The lowest BCUT2D eigenvalue weighted by atomic mass is 11.2. The predicted octanol–water partition coefficient (Wildman–Crippen LogP) is -2.81. The molecule has 2 amide bonds. The second-order valence-electron chi connectivity index (χ2n) is 0.850. The Bertz CT molecular complexity index is 162. The van der Waals surface area contributed by atoms with Gasteiger partial charge in [-0.25, -0.2) is 4.79 Å². The van der Waals surface area contributed by atoms with Crippen LogP contribution in [0.15, 0.2) is 0 Å². The minimum absolute atomic E-state index is 0. The van der Waals surface area contributed by atoms with Crippen LogP contribution in [0.3, 0.4) is 0 Å². The summed E-state index contributed by atoms with van der Waals surface area (Å²) in [5, 5.41) is 0. The van der Waals surface area contributed by atoms with E-state index in [2.05, 4.69) is 11.5 Å². The average Bonchev–Trinajstić information content (AvgIpc) is 1.19. The molecule has 0 aromatic rings. The minimum Gasteiger partial charge on any atom is -0.352 e. The third kappa shape index (κ3) is 3180. The number of urea groups is 1. The van der Waals surface area contributed by atoms with Crippen molar-refractivity contribution in [3.8, 4) is 0 Å². The van der Waals surface area contributed by atoms with Gasteiger partial charge >= 0.3 is 16.4 Å². The van der Waals surface area contributed by atoms with Gasteiger partial charge in [-0.1, -0.05) is 0 Å². The average molecular weight is 188 g/mol. The molecule has 0 saturated heterocycles. The van der Waals surface area contributed by atoms with E-state index < -0.39 is 16.4 Å². The lowest BCUT2D eigenvalue weighted by Crippen LogP contribution is -2.18. The van der Waals surface area contributed by atoms with Gasteiger partial charge in [0, 0.05) is 0 Å². The van der Waals surface area contributed by atoms with Crippen LogP contribution in [0.2, 0.25) is 0 Å². The third-order valence-corrected chi connectivity index (χ3v) is 0. The molecule has 0 aliphatic heterocycles. The standard InChI is InChI=1S/CH4N2O.Al.H2O4S.3H/c2-1(3)4;;1-5(2,3)4;;;/h(H4,2,3,4);;(H2,1,2,3,4);;;. The van der Waals surface area contributed by atoms with Crippen LogP contribution in [-0.2, 0) is 10.4 Å². The smallest absolute Gasteiger partial charge is 0.352 e. The van der Waals surface area contributed by atoms with E-state index in [0.717, 1.165) is 0 Å². The summed E-state index contributed by atoms with van der Waals surface area (Å²) in [6.45, 7) is 0. The third-order valence-electron chi connectivity index (χ3n) is 0. The number of hydrogen-bond donors (Lipinski definition) is 4. The summed E-state index contributed by atoms with van der Waals surface area (Å²) in [5.74, 6) is 0. The van der Waals surface area contributed by atoms with E-state index in [1.807, 2.05) is 0 Å². The highest BCUT2D eigenvalue weighted by Crippen LogP contribution is 1.59. The van der Waals surface area contributed by atoms with E-state index in [1.165, 1.54) is 0 Å². The molecule has 10 heavy (non-hydrogen) atoms. The van der Waals surface area contributed by atoms with Crippen LogP contribution in [0.1, 0.15) is 0 Å². The Morgan fingerprint density at radius 2 is 1.20 bits per heavy atom. The molecule has 0 atom stereocenters. The molecule has 0 aliphatic carbocycles. The molecule has 0 fully saturated rings. The molecule has 7 nitrogen and oxygen atoms in total. The zero-order chi connectivity index (χ0) is 8.08. The molecule has 0 heterocycles. The van der Waals surface area contributed by atoms with Crippen molar-refractivity contribution in [2.75, 3.05) is 0 Å². The summed E-state index contributed by atoms with van der Waals surface area (Å²) in [6, 6.07) is -0.833. The zero-order valence-corrected chi connectivity index (χ0v) is 5.00. The number of amides is 2. The van der Waals surface area contributed by atoms with E-state index in [1.54, 1.807) is 0 Å². The van der Waals surface area contributed by atoms with Crippen molar-refractivity contribution < 1.29 is 22.3 Å². The van der Waals surface area contributed by atoms with Gasteiger partial charge in [0.1, 0.15) is 0 Å². The van der Waals surface area contributed by atoms with Crippen molar-refractivity contribution in [3.63, 3.8) is 0 Å². The Hall–Kier alpha value is -0.328. The molecule has 9 heteroatoms. The van der Waals surface area contributed by atoms with E-state index in [-0.39, 0.29) is 17.4 Å². The lowest BCUT2D eigenvalue weighted by molar-refractivity contribution is 0.256. The van der Waals surface area contributed by atoms with Crippen molar-refractivity contribution in [2.45, 2.75) is 0 Å². The summed E-state index contributed by atoms with van der Waals surface area (Å²) < 4.78 is 31.6. The first kappa shape index (κ1) is 16.3. The van der Waals surface area contributed by atoms with Gasteiger partial charge in [0.05, 0.1) is 0 Å². The number of primary amides is 2. The molecule has 0 rings (SSSR count). The van der Waals surface area contributed by atoms with Crippen molar-refractivity contribution >= 4 is 33.8 Å². The fraction of sp³-hybridized carbons (Fsp3) is 0. The van der Waals surface area contributed by atoms with Gasteiger partial charge in [-0.2, -0.15) is 8.42 Å².